The summed E-state index contributed by atoms with van der Waals surface area (Å²) in [6.45, 7) is 1.79. The molecule has 7 nitrogen and oxygen atoms in total. The number of nitrogens with zero attached hydrogens (tertiary/aromatic N) is 3. The lowest BCUT2D eigenvalue weighted by atomic mass is 9.79. The molecule has 2 heterocycles. The molecule has 8 heteroatoms. The summed E-state index contributed by atoms with van der Waals surface area (Å²) in [6.07, 6.45) is 1.95. The molecule has 0 unspecified atom stereocenters. The highest BCUT2D eigenvalue weighted by Crippen LogP contribution is 2.33. The zero-order valence-electron chi connectivity index (χ0n) is 16.9. The third kappa shape index (κ3) is 3.68. The number of carbonyl (C=O) groups is 2. The second-order valence-corrected chi connectivity index (χ2v) is 8.61. The van der Waals surface area contributed by atoms with Gasteiger partial charge in [-0.2, -0.15) is 0 Å². The summed E-state index contributed by atoms with van der Waals surface area (Å²) in [5, 5.41) is 10.9. The first-order valence-corrected chi connectivity index (χ1v) is 10.8. The fourth-order valence-corrected chi connectivity index (χ4v) is 4.25. The molecular weight excluding hydrogens is 418 g/mol. The molecule has 160 valence electrons. The molecule has 1 saturated heterocycles. The lowest BCUT2D eigenvalue weighted by Crippen LogP contribution is -2.58. The van der Waals surface area contributed by atoms with Crippen LogP contribution in [-0.2, 0) is 4.79 Å². The highest BCUT2D eigenvalue weighted by molar-refractivity contribution is 6.31. The molecule has 0 radical (unpaired) electrons. The first-order valence-electron chi connectivity index (χ1n) is 10.4. The average molecular weight is 440 g/mol. The number of benzene rings is 2. The van der Waals surface area contributed by atoms with Crippen LogP contribution in [0.1, 0.15) is 29.6 Å². The van der Waals surface area contributed by atoms with Crippen molar-refractivity contribution in [1.82, 2.24) is 14.8 Å². The molecule has 2 fully saturated rings. The molecule has 1 aliphatic carbocycles. The number of carbonyl (C=O) groups excluding carboxylic acids is 2. The van der Waals surface area contributed by atoms with Gasteiger partial charge in [-0.15, -0.1) is 0 Å². The van der Waals surface area contributed by atoms with Crippen LogP contribution in [0.15, 0.2) is 46.9 Å². The van der Waals surface area contributed by atoms with Crippen molar-refractivity contribution in [2.75, 3.05) is 26.2 Å². The number of oxazole rings is 1. The molecule has 0 atom stereocenters. The van der Waals surface area contributed by atoms with Gasteiger partial charge in [0.2, 0.25) is 5.89 Å². The molecule has 2 aromatic carbocycles. The van der Waals surface area contributed by atoms with E-state index >= 15 is 0 Å². The molecule has 31 heavy (non-hydrogen) atoms. The van der Waals surface area contributed by atoms with Gasteiger partial charge in [0, 0.05) is 48.4 Å². The summed E-state index contributed by atoms with van der Waals surface area (Å²) >= 11 is 6.00. The number of fused-ring (bicyclic) bond motifs is 1. The van der Waals surface area contributed by atoms with Crippen LogP contribution in [0.5, 0.6) is 0 Å². The summed E-state index contributed by atoms with van der Waals surface area (Å²) in [5.41, 5.74) is 1.49. The minimum Gasteiger partial charge on any atom is -0.436 e. The maximum absolute atomic E-state index is 12.9. The number of halogens is 1. The van der Waals surface area contributed by atoms with Gasteiger partial charge >= 0.3 is 0 Å². The number of amides is 2. The third-order valence-corrected chi connectivity index (χ3v) is 6.40. The van der Waals surface area contributed by atoms with E-state index in [9.17, 15) is 14.7 Å². The van der Waals surface area contributed by atoms with E-state index in [0.29, 0.717) is 61.1 Å². The Morgan fingerprint density at radius 2 is 1.68 bits per heavy atom. The number of aliphatic hydroxyl groups is 1. The van der Waals surface area contributed by atoms with Crippen LogP contribution in [0.25, 0.3) is 22.6 Å². The molecule has 1 aromatic heterocycles. The van der Waals surface area contributed by atoms with Crippen LogP contribution in [0.2, 0.25) is 5.02 Å². The molecule has 0 bridgehead atoms. The van der Waals surface area contributed by atoms with Crippen LogP contribution in [-0.4, -0.2) is 63.5 Å². The first kappa shape index (κ1) is 20.0. The molecule has 1 N–H and O–H groups in total. The van der Waals surface area contributed by atoms with Crippen molar-refractivity contribution in [3.63, 3.8) is 0 Å². The second-order valence-electron chi connectivity index (χ2n) is 8.18. The van der Waals surface area contributed by atoms with E-state index in [2.05, 4.69) is 4.98 Å². The average Bonchev–Trinajstić information content (AvgIpc) is 3.20. The first-order chi connectivity index (χ1) is 14.9. The smallest absolute Gasteiger partial charge is 0.254 e. The Balaban J connectivity index is 1.24. The van der Waals surface area contributed by atoms with Crippen LogP contribution >= 0.6 is 11.6 Å². The van der Waals surface area contributed by atoms with Crippen molar-refractivity contribution in [2.24, 2.45) is 0 Å². The number of aromatic nitrogens is 1. The van der Waals surface area contributed by atoms with E-state index in [-0.39, 0.29) is 11.8 Å². The Kier molecular flexibility index (Phi) is 4.95. The summed E-state index contributed by atoms with van der Waals surface area (Å²) in [4.78, 5) is 33.2. The standard InChI is InChI=1S/C23H22ClN3O4/c24-17-6-7-18-19(14-17)31-20(25-18)15-2-4-16(5-3-15)21(28)26-10-12-27(13-11-26)22(29)23(30)8-1-9-23/h2-7,14,30H,1,8-13H2. The zero-order valence-corrected chi connectivity index (χ0v) is 17.6. The molecule has 1 aliphatic heterocycles. The largest absolute Gasteiger partial charge is 0.436 e. The molecule has 2 amide bonds. The van der Waals surface area contributed by atoms with Crippen LogP contribution in [0, 0.1) is 0 Å². The van der Waals surface area contributed by atoms with Gasteiger partial charge in [-0.05, 0) is 55.7 Å². The van der Waals surface area contributed by atoms with Crippen LogP contribution in [0.3, 0.4) is 0 Å². The van der Waals surface area contributed by atoms with Gasteiger partial charge in [-0.3, -0.25) is 9.59 Å². The van der Waals surface area contributed by atoms with Crippen molar-refractivity contribution < 1.29 is 19.1 Å². The highest BCUT2D eigenvalue weighted by atomic mass is 35.5. The number of hydrogen-bond acceptors (Lipinski definition) is 5. The van der Waals surface area contributed by atoms with Crippen molar-refractivity contribution in [1.29, 1.82) is 0 Å². The van der Waals surface area contributed by atoms with Crippen LogP contribution < -0.4 is 0 Å². The lowest BCUT2D eigenvalue weighted by Gasteiger charge is -2.42. The summed E-state index contributed by atoms with van der Waals surface area (Å²) < 4.78 is 5.78. The monoisotopic (exact) mass is 439 g/mol. The molecular formula is C23H22ClN3O4. The van der Waals surface area contributed by atoms with E-state index in [1.807, 2.05) is 12.1 Å². The highest BCUT2D eigenvalue weighted by Gasteiger charge is 2.45. The molecule has 5 rings (SSSR count). The molecule has 0 spiro atoms. The quantitative estimate of drug-likeness (QED) is 0.676. The normalized spacial score (nSPS) is 18.1. The minimum absolute atomic E-state index is 0.0784. The second kappa shape index (κ2) is 7.66. The lowest BCUT2D eigenvalue weighted by molar-refractivity contribution is -0.161. The Labute approximate surface area is 184 Å². The van der Waals surface area contributed by atoms with Gasteiger partial charge in [0.25, 0.3) is 11.8 Å². The molecule has 3 aromatic rings. The van der Waals surface area contributed by atoms with E-state index in [0.717, 1.165) is 17.5 Å². The predicted molar refractivity (Wildman–Crippen MR) is 116 cm³/mol. The predicted octanol–water partition coefficient (Wildman–Crippen LogP) is 3.35. The van der Waals surface area contributed by atoms with E-state index < -0.39 is 5.60 Å². The van der Waals surface area contributed by atoms with E-state index in [1.54, 1.807) is 40.1 Å². The Morgan fingerprint density at radius 3 is 2.32 bits per heavy atom. The summed E-state index contributed by atoms with van der Waals surface area (Å²) in [6, 6.07) is 12.4. The van der Waals surface area contributed by atoms with Gasteiger partial charge in [0.05, 0.1) is 0 Å². The summed E-state index contributed by atoms with van der Waals surface area (Å²) in [7, 11) is 0. The van der Waals surface area contributed by atoms with Gasteiger partial charge in [-0.1, -0.05) is 11.6 Å². The zero-order chi connectivity index (χ0) is 21.6. The van der Waals surface area contributed by atoms with Gasteiger partial charge in [0.1, 0.15) is 11.1 Å². The van der Waals surface area contributed by atoms with Gasteiger partial charge in [0.15, 0.2) is 5.58 Å². The molecule has 2 aliphatic rings. The van der Waals surface area contributed by atoms with Crippen LogP contribution in [0.4, 0.5) is 0 Å². The van der Waals surface area contributed by atoms with E-state index in [4.69, 9.17) is 16.0 Å². The Hall–Kier alpha value is -2.90. The minimum atomic E-state index is -1.18. The summed E-state index contributed by atoms with van der Waals surface area (Å²) in [5.74, 6) is 0.192. The number of piperazine rings is 1. The Morgan fingerprint density at radius 1 is 1.00 bits per heavy atom. The van der Waals surface area contributed by atoms with Crippen molar-refractivity contribution in [3.05, 3.63) is 53.1 Å². The topological polar surface area (TPSA) is 86.9 Å². The number of hydrogen-bond donors (Lipinski definition) is 1. The maximum atomic E-state index is 12.9. The fraction of sp³-hybridized carbons (Fsp3) is 0.348. The van der Waals surface area contributed by atoms with Crippen molar-refractivity contribution in [3.8, 4) is 11.5 Å². The SMILES string of the molecule is O=C(c1ccc(-c2nc3ccc(Cl)cc3o2)cc1)N1CCN(C(=O)C2(O)CCC2)CC1. The third-order valence-electron chi connectivity index (χ3n) is 6.16. The fourth-order valence-electron chi connectivity index (χ4n) is 4.09. The number of rotatable bonds is 3. The van der Waals surface area contributed by atoms with Crippen molar-refractivity contribution in [2.45, 2.75) is 24.9 Å². The van der Waals surface area contributed by atoms with E-state index in [1.165, 1.54) is 0 Å². The van der Waals surface area contributed by atoms with Gasteiger partial charge < -0.3 is 19.3 Å². The van der Waals surface area contributed by atoms with Crippen molar-refractivity contribution >= 4 is 34.5 Å². The molecule has 1 saturated carbocycles. The van der Waals surface area contributed by atoms with Gasteiger partial charge in [-0.25, -0.2) is 4.98 Å². The maximum Gasteiger partial charge on any atom is 0.254 e. The Bertz CT molecular complexity index is 1150.